The third-order valence-corrected chi connectivity index (χ3v) is 4.77. The van der Waals surface area contributed by atoms with E-state index in [0.29, 0.717) is 5.38 Å². The average molecular weight is 215 g/mol. The van der Waals surface area contributed by atoms with Crippen molar-refractivity contribution in [3.8, 4) is 0 Å². The first kappa shape index (κ1) is 10.8. The molecule has 2 aliphatic carbocycles. The van der Waals surface area contributed by atoms with Crippen LogP contribution in [0.25, 0.3) is 0 Å². The van der Waals surface area contributed by atoms with Crippen molar-refractivity contribution in [2.75, 3.05) is 0 Å². The van der Waals surface area contributed by atoms with Crippen molar-refractivity contribution in [1.29, 1.82) is 0 Å². The van der Waals surface area contributed by atoms with Gasteiger partial charge in [-0.3, -0.25) is 0 Å². The van der Waals surface area contributed by atoms with Gasteiger partial charge in [-0.15, -0.1) is 11.6 Å². The fourth-order valence-electron chi connectivity index (χ4n) is 3.62. The number of hydrogen-bond acceptors (Lipinski definition) is 0. The van der Waals surface area contributed by atoms with E-state index >= 15 is 0 Å². The largest absolute Gasteiger partial charge is 0.123 e. The van der Waals surface area contributed by atoms with E-state index in [2.05, 4.69) is 6.92 Å². The molecule has 0 N–H and O–H groups in total. The molecular formula is C13H23Cl. The zero-order valence-corrected chi connectivity index (χ0v) is 10.1. The Morgan fingerprint density at radius 1 is 1.00 bits per heavy atom. The summed E-state index contributed by atoms with van der Waals surface area (Å²) in [5.41, 5.74) is 0. The van der Waals surface area contributed by atoms with Crippen LogP contribution in [-0.2, 0) is 0 Å². The molecule has 0 aromatic rings. The van der Waals surface area contributed by atoms with Gasteiger partial charge in [0.25, 0.3) is 0 Å². The summed E-state index contributed by atoms with van der Waals surface area (Å²) in [5, 5.41) is 0.491. The predicted molar refractivity (Wildman–Crippen MR) is 62.7 cm³/mol. The number of hydrogen-bond donors (Lipinski definition) is 0. The van der Waals surface area contributed by atoms with Crippen molar-refractivity contribution in [2.45, 2.75) is 63.7 Å². The van der Waals surface area contributed by atoms with Gasteiger partial charge in [-0.1, -0.05) is 19.8 Å². The lowest BCUT2D eigenvalue weighted by molar-refractivity contribution is 0.367. The molecule has 2 saturated carbocycles. The van der Waals surface area contributed by atoms with E-state index in [1.165, 1.54) is 51.4 Å². The van der Waals surface area contributed by atoms with Crippen LogP contribution in [0.3, 0.4) is 0 Å². The Morgan fingerprint density at radius 3 is 2.07 bits per heavy atom. The Bertz CT molecular complexity index is 162. The molecule has 0 aromatic heterocycles. The molecular weight excluding hydrogens is 192 g/mol. The Morgan fingerprint density at radius 2 is 1.57 bits per heavy atom. The SMILES string of the molecule is CCCC1CC2CCC(Cl)CCC2C1. The van der Waals surface area contributed by atoms with Gasteiger partial charge in [0.1, 0.15) is 0 Å². The maximum absolute atomic E-state index is 6.23. The Kier molecular flexibility index (Phi) is 3.76. The van der Waals surface area contributed by atoms with Crippen LogP contribution in [0.5, 0.6) is 0 Å². The highest BCUT2D eigenvalue weighted by molar-refractivity contribution is 6.20. The summed E-state index contributed by atoms with van der Waals surface area (Å²) in [7, 11) is 0. The lowest BCUT2D eigenvalue weighted by Gasteiger charge is -2.14. The van der Waals surface area contributed by atoms with E-state index in [0.717, 1.165) is 17.8 Å². The molecule has 0 amide bonds. The van der Waals surface area contributed by atoms with E-state index in [-0.39, 0.29) is 0 Å². The topological polar surface area (TPSA) is 0 Å². The minimum Gasteiger partial charge on any atom is -0.123 e. The van der Waals surface area contributed by atoms with Crippen LogP contribution >= 0.6 is 11.6 Å². The van der Waals surface area contributed by atoms with Gasteiger partial charge in [-0.2, -0.15) is 0 Å². The second-order valence-electron chi connectivity index (χ2n) is 5.40. The van der Waals surface area contributed by atoms with E-state index in [1.54, 1.807) is 0 Å². The van der Waals surface area contributed by atoms with E-state index < -0.39 is 0 Å². The highest BCUT2D eigenvalue weighted by Crippen LogP contribution is 2.46. The minimum absolute atomic E-state index is 0.491. The number of halogens is 1. The van der Waals surface area contributed by atoms with Crippen molar-refractivity contribution in [3.05, 3.63) is 0 Å². The van der Waals surface area contributed by atoms with Crippen LogP contribution in [0.1, 0.15) is 58.3 Å². The third kappa shape index (κ3) is 2.45. The molecule has 0 heterocycles. The maximum atomic E-state index is 6.23. The van der Waals surface area contributed by atoms with Crippen molar-refractivity contribution in [1.82, 2.24) is 0 Å². The Balaban J connectivity index is 1.87. The molecule has 14 heavy (non-hydrogen) atoms. The standard InChI is InChI=1S/C13H23Cl/c1-2-3-10-8-11-4-6-13(14)7-5-12(11)9-10/h10-13H,2-9H2,1H3. The second-order valence-corrected chi connectivity index (χ2v) is 6.02. The highest BCUT2D eigenvalue weighted by Gasteiger charge is 2.35. The smallest absolute Gasteiger partial charge is 0.0336 e. The van der Waals surface area contributed by atoms with Gasteiger partial charge >= 0.3 is 0 Å². The van der Waals surface area contributed by atoms with Crippen molar-refractivity contribution >= 4 is 11.6 Å². The van der Waals surface area contributed by atoms with Crippen molar-refractivity contribution in [3.63, 3.8) is 0 Å². The molecule has 2 fully saturated rings. The van der Waals surface area contributed by atoms with Gasteiger partial charge in [-0.25, -0.2) is 0 Å². The van der Waals surface area contributed by atoms with Crippen LogP contribution in [0, 0.1) is 17.8 Å². The van der Waals surface area contributed by atoms with Crippen LogP contribution in [0.2, 0.25) is 0 Å². The van der Waals surface area contributed by atoms with Crippen molar-refractivity contribution < 1.29 is 0 Å². The van der Waals surface area contributed by atoms with E-state index in [9.17, 15) is 0 Å². The lowest BCUT2D eigenvalue weighted by atomic mass is 9.92. The first-order valence-corrected chi connectivity index (χ1v) is 6.87. The summed E-state index contributed by atoms with van der Waals surface area (Å²) in [6.45, 7) is 2.32. The number of fused-ring (bicyclic) bond motifs is 1. The Labute approximate surface area is 93.4 Å². The summed E-state index contributed by atoms with van der Waals surface area (Å²) in [6.07, 6.45) is 11.3. The predicted octanol–water partition coefficient (Wildman–Crippen LogP) is 4.61. The summed E-state index contributed by atoms with van der Waals surface area (Å²) >= 11 is 6.23. The second kappa shape index (κ2) is 4.88. The monoisotopic (exact) mass is 214 g/mol. The zero-order valence-electron chi connectivity index (χ0n) is 9.34. The van der Waals surface area contributed by atoms with Gasteiger partial charge in [-0.05, 0) is 56.3 Å². The first-order chi connectivity index (χ1) is 6.79. The normalized spacial score (nSPS) is 43.3. The summed E-state index contributed by atoms with van der Waals surface area (Å²) < 4.78 is 0. The minimum atomic E-state index is 0.491. The quantitative estimate of drug-likeness (QED) is 0.589. The molecule has 2 aliphatic rings. The molecule has 2 atom stereocenters. The molecule has 1 heteroatoms. The third-order valence-electron chi connectivity index (χ3n) is 4.34. The van der Waals surface area contributed by atoms with Gasteiger partial charge < -0.3 is 0 Å². The molecule has 0 nitrogen and oxygen atoms in total. The van der Waals surface area contributed by atoms with Gasteiger partial charge in [0.2, 0.25) is 0 Å². The molecule has 0 spiro atoms. The van der Waals surface area contributed by atoms with Crippen LogP contribution in [0.4, 0.5) is 0 Å². The number of rotatable bonds is 2. The summed E-state index contributed by atoms with van der Waals surface area (Å²) in [6, 6.07) is 0. The average Bonchev–Trinajstić information content (AvgIpc) is 2.47. The highest BCUT2D eigenvalue weighted by atomic mass is 35.5. The van der Waals surface area contributed by atoms with E-state index in [1.807, 2.05) is 0 Å². The summed E-state index contributed by atoms with van der Waals surface area (Å²) in [4.78, 5) is 0. The van der Waals surface area contributed by atoms with Crippen LogP contribution in [-0.4, -0.2) is 5.38 Å². The molecule has 0 aromatic carbocycles. The first-order valence-electron chi connectivity index (χ1n) is 6.43. The zero-order chi connectivity index (χ0) is 9.97. The molecule has 0 radical (unpaired) electrons. The van der Waals surface area contributed by atoms with Gasteiger partial charge in [0, 0.05) is 5.38 Å². The van der Waals surface area contributed by atoms with Crippen LogP contribution < -0.4 is 0 Å². The molecule has 2 rings (SSSR count). The van der Waals surface area contributed by atoms with E-state index in [4.69, 9.17) is 11.6 Å². The van der Waals surface area contributed by atoms with Gasteiger partial charge in [0.05, 0.1) is 0 Å². The molecule has 2 unspecified atom stereocenters. The lowest BCUT2D eigenvalue weighted by Crippen LogP contribution is -2.04. The fourth-order valence-corrected chi connectivity index (χ4v) is 3.87. The molecule has 0 saturated heterocycles. The maximum Gasteiger partial charge on any atom is 0.0336 e. The molecule has 0 aliphatic heterocycles. The number of alkyl halides is 1. The van der Waals surface area contributed by atoms with Crippen LogP contribution in [0.15, 0.2) is 0 Å². The van der Waals surface area contributed by atoms with Crippen molar-refractivity contribution in [2.24, 2.45) is 17.8 Å². The fraction of sp³-hybridized carbons (Fsp3) is 1.00. The molecule has 0 bridgehead atoms. The van der Waals surface area contributed by atoms with Gasteiger partial charge in [0.15, 0.2) is 0 Å². The molecule has 82 valence electrons. The summed E-state index contributed by atoms with van der Waals surface area (Å²) in [5.74, 6) is 3.13. The Hall–Kier alpha value is 0.290.